The lowest BCUT2D eigenvalue weighted by molar-refractivity contribution is -0.136. The first-order valence-electron chi connectivity index (χ1n) is 13.8. The molecule has 1 N–H and O–H groups in total. The third-order valence-corrected chi connectivity index (χ3v) is 9.20. The number of fused-ring (bicyclic) bond motifs is 1. The van der Waals surface area contributed by atoms with Crippen LogP contribution < -0.4 is 10.1 Å². The summed E-state index contributed by atoms with van der Waals surface area (Å²) >= 11 is 0. The molecule has 3 heterocycles. The van der Waals surface area contributed by atoms with Gasteiger partial charge in [-0.05, 0) is 74.1 Å². The molecule has 0 spiro atoms. The molecule has 2 aliphatic carbocycles. The molecule has 2 unspecified atom stereocenters. The van der Waals surface area contributed by atoms with Gasteiger partial charge in [-0.25, -0.2) is 8.78 Å². The summed E-state index contributed by atoms with van der Waals surface area (Å²) in [5, 5.41) is 2.34. The van der Waals surface area contributed by atoms with Gasteiger partial charge in [0.05, 0.1) is 0 Å². The topological polar surface area (TPSA) is 79.0 Å². The van der Waals surface area contributed by atoms with E-state index in [1.807, 2.05) is 12.1 Å². The predicted octanol–water partition coefficient (Wildman–Crippen LogP) is 3.89. The van der Waals surface area contributed by atoms with Gasteiger partial charge in [0.2, 0.25) is 17.7 Å². The van der Waals surface area contributed by atoms with Gasteiger partial charge in [-0.1, -0.05) is 6.42 Å². The van der Waals surface area contributed by atoms with Crippen molar-refractivity contribution in [3.05, 3.63) is 29.3 Å². The molecule has 2 saturated carbocycles. The quantitative estimate of drug-likeness (QED) is 0.602. The first-order valence-corrected chi connectivity index (χ1v) is 13.8. The molecule has 9 heteroatoms. The van der Waals surface area contributed by atoms with Gasteiger partial charge >= 0.3 is 0 Å². The number of carbonyl (C=O) groups excluding carboxylic acids is 3. The molecule has 1 aromatic carbocycles. The minimum Gasteiger partial charge on any atom is -0.489 e. The number of piperidine rings is 1. The number of hydrogen-bond acceptors (Lipinski definition) is 5. The number of nitrogens with one attached hydrogen (secondary N) is 1. The number of nitrogens with zero attached hydrogens (tertiary/aromatic N) is 2. The molecular weight excluding hydrogens is 480 g/mol. The number of ether oxygens (including phenoxy) is 1. The average Bonchev–Trinajstić information content (AvgIpc) is 3.14. The van der Waals surface area contributed by atoms with E-state index in [9.17, 15) is 23.2 Å². The van der Waals surface area contributed by atoms with Gasteiger partial charge in [-0.2, -0.15) is 0 Å². The number of benzene rings is 1. The third kappa shape index (κ3) is 4.87. The summed E-state index contributed by atoms with van der Waals surface area (Å²) in [4.78, 5) is 40.8. The fraction of sp³-hybridized carbons (Fsp3) is 0.679. The van der Waals surface area contributed by atoms with E-state index in [-0.39, 0.29) is 49.1 Å². The molecule has 4 atom stereocenters. The number of imide groups is 1. The lowest BCUT2D eigenvalue weighted by atomic mass is 9.74. The van der Waals surface area contributed by atoms with Crippen molar-refractivity contribution in [3.8, 4) is 5.75 Å². The number of halogens is 2. The van der Waals surface area contributed by atoms with Crippen molar-refractivity contribution >= 4 is 17.7 Å². The number of hydrogen-bond donors (Lipinski definition) is 1. The molecular formula is C28H35F2N3O4. The molecule has 4 fully saturated rings. The first-order chi connectivity index (χ1) is 17.8. The van der Waals surface area contributed by atoms with Gasteiger partial charge in [0.15, 0.2) is 0 Å². The van der Waals surface area contributed by atoms with E-state index in [0.29, 0.717) is 30.9 Å². The summed E-state index contributed by atoms with van der Waals surface area (Å²) < 4.78 is 34.3. The van der Waals surface area contributed by atoms with Gasteiger partial charge < -0.3 is 9.64 Å². The molecule has 37 heavy (non-hydrogen) atoms. The van der Waals surface area contributed by atoms with Crippen molar-refractivity contribution in [2.24, 2.45) is 11.8 Å². The van der Waals surface area contributed by atoms with Crippen molar-refractivity contribution in [1.82, 2.24) is 15.1 Å². The maximum absolute atomic E-state index is 13.9. The van der Waals surface area contributed by atoms with Crippen molar-refractivity contribution in [2.45, 2.75) is 94.9 Å². The summed E-state index contributed by atoms with van der Waals surface area (Å²) in [5.41, 5.74) is 1.41. The van der Waals surface area contributed by atoms with E-state index in [4.69, 9.17) is 4.74 Å². The van der Waals surface area contributed by atoms with Gasteiger partial charge in [-0.15, -0.1) is 0 Å². The van der Waals surface area contributed by atoms with E-state index in [0.717, 1.165) is 56.5 Å². The molecule has 3 amide bonds. The van der Waals surface area contributed by atoms with Crippen LogP contribution in [0.4, 0.5) is 8.78 Å². The maximum atomic E-state index is 13.9. The Bertz CT molecular complexity index is 1090. The van der Waals surface area contributed by atoms with Gasteiger partial charge in [0, 0.05) is 50.5 Å². The molecule has 6 rings (SSSR count). The SMILES string of the molecule is O=C1CCC(N2Cc3cc(O[C@H]4CCCC[C@H]4N4CC(C5CCCC(F)(F)C5)C4)ccc3C2=O)C(=O)N1. The van der Waals surface area contributed by atoms with Crippen LogP contribution in [0.2, 0.25) is 0 Å². The molecule has 7 nitrogen and oxygen atoms in total. The Kier molecular flexibility index (Phi) is 6.45. The predicted molar refractivity (Wildman–Crippen MR) is 131 cm³/mol. The van der Waals surface area contributed by atoms with Crippen LogP contribution in [0.3, 0.4) is 0 Å². The fourth-order valence-corrected chi connectivity index (χ4v) is 7.16. The number of rotatable bonds is 5. The van der Waals surface area contributed by atoms with E-state index >= 15 is 0 Å². The fourth-order valence-electron chi connectivity index (χ4n) is 7.16. The Labute approximate surface area is 215 Å². The highest BCUT2D eigenvalue weighted by Crippen LogP contribution is 2.44. The monoisotopic (exact) mass is 515 g/mol. The number of amides is 3. The van der Waals surface area contributed by atoms with Crippen molar-refractivity contribution in [3.63, 3.8) is 0 Å². The Morgan fingerprint density at radius 1 is 0.973 bits per heavy atom. The van der Waals surface area contributed by atoms with Crippen LogP contribution in [-0.4, -0.2) is 64.7 Å². The Hall–Kier alpha value is -2.55. The van der Waals surface area contributed by atoms with Gasteiger partial charge in [0.1, 0.15) is 17.9 Å². The smallest absolute Gasteiger partial charge is 0.255 e. The third-order valence-electron chi connectivity index (χ3n) is 9.20. The van der Waals surface area contributed by atoms with Crippen molar-refractivity contribution in [2.75, 3.05) is 13.1 Å². The number of carbonyl (C=O) groups is 3. The molecule has 5 aliphatic rings. The second-order valence-corrected chi connectivity index (χ2v) is 11.7. The molecule has 0 aromatic heterocycles. The lowest BCUT2D eigenvalue weighted by Gasteiger charge is -2.51. The summed E-state index contributed by atoms with van der Waals surface area (Å²) in [6.07, 6.45) is 6.47. The summed E-state index contributed by atoms with van der Waals surface area (Å²) in [6.45, 7) is 2.08. The molecule has 0 bridgehead atoms. The molecule has 0 radical (unpaired) electrons. The maximum Gasteiger partial charge on any atom is 0.255 e. The van der Waals surface area contributed by atoms with Crippen LogP contribution in [-0.2, 0) is 16.1 Å². The standard InChI is InChI=1S/C28H35F2N3O4/c29-28(30)11-3-4-17(13-28)19-14-32(15-19)22-5-1-2-6-24(22)37-20-7-8-21-18(12-20)16-33(27(21)36)23-9-10-25(34)31-26(23)35/h7-8,12,17,19,22-24H,1-6,9-11,13-16H2,(H,31,34,35)/t17?,22-,23?,24+/m1/s1. The summed E-state index contributed by atoms with van der Waals surface area (Å²) in [7, 11) is 0. The zero-order valence-corrected chi connectivity index (χ0v) is 21.1. The van der Waals surface area contributed by atoms with Crippen LogP contribution in [0.5, 0.6) is 5.75 Å². The molecule has 2 saturated heterocycles. The molecule has 200 valence electrons. The number of likely N-dealkylation sites (tertiary alicyclic amines) is 1. The van der Waals surface area contributed by atoms with Gasteiger partial charge in [0.25, 0.3) is 5.91 Å². The second kappa shape index (κ2) is 9.64. The first kappa shape index (κ1) is 24.8. The van der Waals surface area contributed by atoms with Crippen LogP contribution in [0.1, 0.15) is 80.1 Å². The zero-order valence-electron chi connectivity index (χ0n) is 21.1. The van der Waals surface area contributed by atoms with Crippen molar-refractivity contribution < 1.29 is 27.9 Å². The Morgan fingerprint density at radius 3 is 2.57 bits per heavy atom. The second-order valence-electron chi connectivity index (χ2n) is 11.7. The summed E-state index contributed by atoms with van der Waals surface area (Å²) in [6, 6.07) is 5.17. The van der Waals surface area contributed by atoms with Gasteiger partial charge in [-0.3, -0.25) is 24.6 Å². The lowest BCUT2D eigenvalue weighted by Crippen LogP contribution is -2.60. The molecule has 3 aliphatic heterocycles. The largest absolute Gasteiger partial charge is 0.489 e. The van der Waals surface area contributed by atoms with Crippen LogP contribution >= 0.6 is 0 Å². The number of alkyl halides is 2. The molecule has 1 aromatic rings. The Morgan fingerprint density at radius 2 is 1.78 bits per heavy atom. The van der Waals surface area contributed by atoms with Crippen LogP contribution in [0.25, 0.3) is 0 Å². The highest BCUT2D eigenvalue weighted by Gasteiger charge is 2.46. The van der Waals surface area contributed by atoms with E-state index < -0.39 is 17.9 Å². The van der Waals surface area contributed by atoms with E-state index in [1.165, 1.54) is 0 Å². The van der Waals surface area contributed by atoms with Crippen LogP contribution in [0.15, 0.2) is 18.2 Å². The highest BCUT2D eigenvalue weighted by atomic mass is 19.3. The minimum atomic E-state index is -2.50. The normalized spacial score (nSPS) is 32.6. The van der Waals surface area contributed by atoms with Crippen molar-refractivity contribution in [1.29, 1.82) is 0 Å². The van der Waals surface area contributed by atoms with Crippen LogP contribution in [0, 0.1) is 11.8 Å². The van der Waals surface area contributed by atoms with E-state index in [2.05, 4.69) is 10.2 Å². The van der Waals surface area contributed by atoms with E-state index in [1.54, 1.807) is 11.0 Å². The highest BCUT2D eigenvalue weighted by molar-refractivity contribution is 6.05. The minimum absolute atomic E-state index is 0.0314. The zero-order chi connectivity index (χ0) is 25.7. The summed E-state index contributed by atoms with van der Waals surface area (Å²) in [5.74, 6) is -2.19. The Balaban J connectivity index is 1.09. The average molecular weight is 516 g/mol.